The predicted octanol–water partition coefficient (Wildman–Crippen LogP) is 3.43. The fraction of sp³-hybridized carbons (Fsp3) is 0.375. The maximum atomic E-state index is 12.9. The lowest BCUT2D eigenvalue weighted by molar-refractivity contribution is 0.0664. The second-order valence-corrected chi connectivity index (χ2v) is 8.08. The number of carbonyl (C=O) groups excluding carboxylic acids is 1. The molecule has 2 aromatic carbocycles. The molecule has 0 spiro atoms. The summed E-state index contributed by atoms with van der Waals surface area (Å²) in [5.74, 6) is 0.870. The Kier molecular flexibility index (Phi) is 5.58. The molecule has 0 aromatic heterocycles. The first-order valence-electron chi connectivity index (χ1n) is 10.3. The number of nitrogens with zero attached hydrogens (tertiary/aromatic N) is 3. The summed E-state index contributed by atoms with van der Waals surface area (Å²) < 4.78 is 5.62. The number of amides is 1. The summed E-state index contributed by atoms with van der Waals surface area (Å²) in [6.07, 6.45) is 0.197. The third-order valence-corrected chi connectivity index (χ3v) is 5.73. The van der Waals surface area contributed by atoms with Crippen LogP contribution in [0.4, 0.5) is 0 Å². The Morgan fingerprint density at radius 1 is 1.07 bits per heavy atom. The van der Waals surface area contributed by atoms with Gasteiger partial charge < -0.3 is 19.4 Å². The van der Waals surface area contributed by atoms with Gasteiger partial charge in [0.05, 0.1) is 6.54 Å². The monoisotopic (exact) mass is 391 g/mol. The molecule has 0 aliphatic carbocycles. The molecule has 2 saturated heterocycles. The van der Waals surface area contributed by atoms with Crippen LogP contribution >= 0.6 is 0 Å². The van der Waals surface area contributed by atoms with Crippen LogP contribution in [0.3, 0.4) is 0 Å². The van der Waals surface area contributed by atoms with Gasteiger partial charge in [0.15, 0.2) is 5.88 Å². The predicted molar refractivity (Wildman–Crippen MR) is 115 cm³/mol. The molecule has 2 aliphatic rings. The maximum absolute atomic E-state index is 12.9. The van der Waals surface area contributed by atoms with Gasteiger partial charge in [-0.1, -0.05) is 36.4 Å². The number of likely N-dealkylation sites (N-methyl/N-ethyl adjacent to an activating group) is 1. The minimum absolute atomic E-state index is 0.123. The zero-order valence-corrected chi connectivity index (χ0v) is 17.3. The number of piperazine rings is 1. The third kappa shape index (κ3) is 4.46. The molecule has 2 heterocycles. The minimum Gasteiger partial charge on any atom is -0.475 e. The van der Waals surface area contributed by atoms with Crippen LogP contribution in [-0.2, 0) is 11.3 Å². The fourth-order valence-corrected chi connectivity index (χ4v) is 3.96. The van der Waals surface area contributed by atoms with E-state index in [0.717, 1.165) is 61.8 Å². The van der Waals surface area contributed by atoms with Crippen LogP contribution in [0.1, 0.15) is 22.8 Å². The smallest absolute Gasteiger partial charge is 0.253 e. The van der Waals surface area contributed by atoms with Crippen molar-refractivity contribution in [1.82, 2.24) is 14.7 Å². The molecule has 4 rings (SSSR count). The molecule has 29 heavy (non-hydrogen) atoms. The van der Waals surface area contributed by atoms with Crippen LogP contribution in [0.25, 0.3) is 11.1 Å². The molecule has 1 atom stereocenters. The van der Waals surface area contributed by atoms with Crippen molar-refractivity contribution in [3.8, 4) is 11.1 Å². The van der Waals surface area contributed by atoms with Crippen LogP contribution in [0.2, 0.25) is 0 Å². The highest BCUT2D eigenvalue weighted by molar-refractivity contribution is 5.95. The molecular weight excluding hydrogens is 362 g/mol. The Hall–Kier alpha value is -2.79. The highest BCUT2D eigenvalue weighted by Crippen LogP contribution is 2.24. The van der Waals surface area contributed by atoms with Gasteiger partial charge in [0.2, 0.25) is 0 Å². The topological polar surface area (TPSA) is 36.0 Å². The molecule has 0 saturated carbocycles. The summed E-state index contributed by atoms with van der Waals surface area (Å²) in [7, 11) is 2.10. The largest absolute Gasteiger partial charge is 0.475 e. The van der Waals surface area contributed by atoms with Crippen LogP contribution in [-0.4, -0.2) is 66.5 Å². The molecule has 2 aliphatic heterocycles. The number of hydrogen-bond acceptors (Lipinski definition) is 4. The quantitative estimate of drug-likeness (QED) is 0.800. The van der Waals surface area contributed by atoms with Crippen molar-refractivity contribution < 1.29 is 9.53 Å². The Morgan fingerprint density at radius 3 is 2.45 bits per heavy atom. The Balaban J connectivity index is 1.45. The molecule has 0 bridgehead atoms. The lowest BCUT2D eigenvalue weighted by atomic mass is 10.0. The molecule has 2 aromatic rings. The number of benzene rings is 2. The second kappa shape index (κ2) is 8.29. The zero-order chi connectivity index (χ0) is 20.4. The van der Waals surface area contributed by atoms with E-state index in [1.165, 1.54) is 5.56 Å². The van der Waals surface area contributed by atoms with Crippen molar-refractivity contribution in [1.29, 1.82) is 0 Å². The number of carbonyl (C=O) groups is 1. The molecule has 1 unspecified atom stereocenters. The van der Waals surface area contributed by atoms with Crippen LogP contribution in [0.15, 0.2) is 61.0 Å². The van der Waals surface area contributed by atoms with E-state index < -0.39 is 0 Å². The molecule has 2 fully saturated rings. The molecule has 5 nitrogen and oxygen atoms in total. The van der Waals surface area contributed by atoms with Crippen LogP contribution < -0.4 is 0 Å². The highest BCUT2D eigenvalue weighted by Gasteiger charge is 2.23. The van der Waals surface area contributed by atoms with E-state index in [1.54, 1.807) is 0 Å². The van der Waals surface area contributed by atoms with E-state index in [1.807, 2.05) is 23.1 Å². The first-order valence-corrected chi connectivity index (χ1v) is 10.3. The van der Waals surface area contributed by atoms with Gasteiger partial charge in [-0.15, -0.1) is 0 Å². The summed E-state index contributed by atoms with van der Waals surface area (Å²) in [5, 5.41) is 0. The molecular formula is C24H29N3O2. The Labute approximate surface area is 173 Å². The molecule has 5 heteroatoms. The fourth-order valence-electron chi connectivity index (χ4n) is 3.96. The second-order valence-electron chi connectivity index (χ2n) is 8.08. The lowest BCUT2D eigenvalue weighted by Gasteiger charge is -2.32. The standard InChI is InChI=1S/C24H29N3O2/c1-18-16-27(19(2)29-18)17-20-7-9-21(10-8-20)22-5-4-6-23(15-22)24(28)26-13-11-25(3)12-14-26/h4-10,15,18H,2,11-14,16-17H2,1,3H3. The van der Waals surface area contributed by atoms with E-state index in [2.05, 4.69) is 60.7 Å². The van der Waals surface area contributed by atoms with E-state index in [9.17, 15) is 4.79 Å². The molecule has 0 radical (unpaired) electrons. The minimum atomic E-state index is 0.123. The highest BCUT2D eigenvalue weighted by atomic mass is 16.5. The van der Waals surface area contributed by atoms with Crippen LogP contribution in [0, 0.1) is 0 Å². The molecule has 152 valence electrons. The van der Waals surface area contributed by atoms with Gasteiger partial charge in [-0.2, -0.15) is 0 Å². The number of hydrogen-bond donors (Lipinski definition) is 0. The van der Waals surface area contributed by atoms with Gasteiger partial charge in [-0.05, 0) is 49.4 Å². The van der Waals surface area contributed by atoms with Gasteiger partial charge in [-0.25, -0.2) is 0 Å². The SMILES string of the molecule is C=C1OC(C)CN1Cc1ccc(-c2cccc(C(=O)N3CCN(C)CC3)c2)cc1. The lowest BCUT2D eigenvalue weighted by Crippen LogP contribution is -2.47. The van der Waals surface area contributed by atoms with Gasteiger partial charge >= 0.3 is 0 Å². The summed E-state index contributed by atoms with van der Waals surface area (Å²) in [4.78, 5) is 19.2. The van der Waals surface area contributed by atoms with Gasteiger partial charge in [-0.3, -0.25) is 4.79 Å². The summed E-state index contributed by atoms with van der Waals surface area (Å²) in [6.45, 7) is 11.2. The Bertz CT molecular complexity index is 885. The van der Waals surface area contributed by atoms with E-state index in [4.69, 9.17) is 4.74 Å². The van der Waals surface area contributed by atoms with Crippen molar-refractivity contribution in [3.05, 3.63) is 72.1 Å². The van der Waals surface area contributed by atoms with Crippen molar-refractivity contribution in [2.45, 2.75) is 19.6 Å². The normalized spacial score (nSPS) is 20.1. The maximum Gasteiger partial charge on any atom is 0.253 e. The zero-order valence-electron chi connectivity index (χ0n) is 17.3. The van der Waals surface area contributed by atoms with Gasteiger partial charge in [0.25, 0.3) is 5.91 Å². The average molecular weight is 392 g/mol. The molecule has 0 N–H and O–H groups in total. The van der Waals surface area contributed by atoms with E-state index in [0.29, 0.717) is 0 Å². The first kappa shape index (κ1) is 19.5. The number of ether oxygens (including phenoxy) is 1. The summed E-state index contributed by atoms with van der Waals surface area (Å²) in [6, 6.07) is 16.5. The van der Waals surface area contributed by atoms with Crippen molar-refractivity contribution in [3.63, 3.8) is 0 Å². The summed E-state index contributed by atoms with van der Waals surface area (Å²) in [5.41, 5.74) is 4.17. The van der Waals surface area contributed by atoms with E-state index in [-0.39, 0.29) is 12.0 Å². The van der Waals surface area contributed by atoms with Crippen molar-refractivity contribution in [2.75, 3.05) is 39.8 Å². The molecule has 1 amide bonds. The number of rotatable bonds is 4. The third-order valence-electron chi connectivity index (χ3n) is 5.73. The van der Waals surface area contributed by atoms with Crippen LogP contribution in [0.5, 0.6) is 0 Å². The first-order chi connectivity index (χ1) is 14.0. The van der Waals surface area contributed by atoms with Gasteiger partial charge in [0, 0.05) is 38.3 Å². The van der Waals surface area contributed by atoms with Gasteiger partial charge in [0.1, 0.15) is 6.10 Å². The van der Waals surface area contributed by atoms with Crippen molar-refractivity contribution >= 4 is 5.91 Å². The van der Waals surface area contributed by atoms with E-state index >= 15 is 0 Å². The Morgan fingerprint density at radius 2 is 1.79 bits per heavy atom. The summed E-state index contributed by atoms with van der Waals surface area (Å²) >= 11 is 0. The van der Waals surface area contributed by atoms with Crippen molar-refractivity contribution in [2.24, 2.45) is 0 Å². The average Bonchev–Trinajstić information content (AvgIpc) is 3.05.